The van der Waals surface area contributed by atoms with Crippen molar-refractivity contribution in [1.82, 2.24) is 9.88 Å². The van der Waals surface area contributed by atoms with Crippen LogP contribution in [0.5, 0.6) is 0 Å². The molecule has 2 aromatic rings. The number of nitrogens with zero attached hydrogens (tertiary/aromatic N) is 1. The van der Waals surface area contributed by atoms with Crippen LogP contribution in [0.15, 0.2) is 17.5 Å². The van der Waals surface area contributed by atoms with E-state index in [1.807, 2.05) is 17.5 Å². The van der Waals surface area contributed by atoms with E-state index in [0.29, 0.717) is 12.1 Å². The average molecular weight is 298 g/mol. The van der Waals surface area contributed by atoms with E-state index in [2.05, 4.69) is 4.98 Å². The second kappa shape index (κ2) is 4.35. The summed E-state index contributed by atoms with van der Waals surface area (Å²) < 4.78 is 22.9. The summed E-state index contributed by atoms with van der Waals surface area (Å²) in [5.41, 5.74) is 0.522. The summed E-state index contributed by atoms with van der Waals surface area (Å²) in [6, 6.07) is 3.56. The number of thiophene rings is 1. The molecule has 19 heavy (non-hydrogen) atoms. The van der Waals surface area contributed by atoms with E-state index < -0.39 is 9.84 Å². The fourth-order valence-electron chi connectivity index (χ4n) is 2.40. The first-order chi connectivity index (χ1) is 8.96. The van der Waals surface area contributed by atoms with E-state index in [0.717, 1.165) is 10.2 Å². The van der Waals surface area contributed by atoms with Crippen LogP contribution in [-0.2, 0) is 9.84 Å². The predicted molar refractivity (Wildman–Crippen MR) is 75.3 cm³/mol. The molecular weight excluding hydrogens is 284 g/mol. The Kier molecular flexibility index (Phi) is 2.90. The SMILES string of the molecule is CN(C(=O)c1cc2ccsc2[nH]1)C1CCS(=O)(=O)C1. The van der Waals surface area contributed by atoms with Gasteiger partial charge >= 0.3 is 0 Å². The minimum atomic E-state index is -2.97. The Morgan fingerprint density at radius 1 is 1.53 bits per heavy atom. The maximum atomic E-state index is 12.3. The van der Waals surface area contributed by atoms with Crippen LogP contribution in [0.3, 0.4) is 0 Å². The number of rotatable bonds is 2. The highest BCUT2D eigenvalue weighted by Gasteiger charge is 2.33. The van der Waals surface area contributed by atoms with Gasteiger partial charge in [-0.3, -0.25) is 4.79 Å². The molecule has 1 aliphatic rings. The third kappa shape index (κ3) is 2.28. The maximum absolute atomic E-state index is 12.3. The van der Waals surface area contributed by atoms with Gasteiger partial charge in [-0.1, -0.05) is 0 Å². The van der Waals surface area contributed by atoms with Gasteiger partial charge in [-0.2, -0.15) is 0 Å². The number of H-pyrrole nitrogens is 1. The Balaban J connectivity index is 1.82. The Hall–Kier alpha value is -1.34. The van der Waals surface area contributed by atoms with Crippen LogP contribution in [0.25, 0.3) is 10.2 Å². The number of nitrogens with one attached hydrogen (secondary N) is 1. The Labute approximate surface area is 115 Å². The summed E-state index contributed by atoms with van der Waals surface area (Å²) in [4.78, 5) is 17.9. The monoisotopic (exact) mass is 298 g/mol. The predicted octanol–water partition coefficient (Wildman–Crippen LogP) is 1.49. The van der Waals surface area contributed by atoms with E-state index in [4.69, 9.17) is 0 Å². The topological polar surface area (TPSA) is 70.2 Å². The quantitative estimate of drug-likeness (QED) is 0.913. The summed E-state index contributed by atoms with van der Waals surface area (Å²) in [6.45, 7) is 0. The first kappa shape index (κ1) is 12.7. The van der Waals surface area contributed by atoms with Gasteiger partial charge in [0.15, 0.2) is 9.84 Å². The molecule has 1 amide bonds. The van der Waals surface area contributed by atoms with Crippen LogP contribution >= 0.6 is 11.3 Å². The van der Waals surface area contributed by atoms with Gasteiger partial charge in [0.2, 0.25) is 0 Å². The zero-order chi connectivity index (χ0) is 13.6. The standard InChI is InChI=1S/C12H14N2O3S2/c1-14(9-3-5-19(16,17)7-9)12(15)10-6-8-2-4-18-11(8)13-10/h2,4,6,9,13H,3,5,7H2,1H3. The first-order valence-electron chi connectivity index (χ1n) is 6.00. The van der Waals surface area contributed by atoms with Crippen molar-refractivity contribution in [1.29, 1.82) is 0 Å². The molecule has 5 nitrogen and oxygen atoms in total. The molecule has 0 aromatic carbocycles. The zero-order valence-corrected chi connectivity index (χ0v) is 12.1. The smallest absolute Gasteiger partial charge is 0.270 e. The third-order valence-corrected chi connectivity index (χ3v) is 6.15. The van der Waals surface area contributed by atoms with Crippen LogP contribution in [0.4, 0.5) is 0 Å². The summed E-state index contributed by atoms with van der Waals surface area (Å²) in [5.74, 6) is 0.102. The van der Waals surface area contributed by atoms with Crippen molar-refractivity contribution in [3.05, 3.63) is 23.2 Å². The van der Waals surface area contributed by atoms with E-state index in [9.17, 15) is 13.2 Å². The third-order valence-electron chi connectivity index (χ3n) is 3.55. The number of hydrogen-bond acceptors (Lipinski definition) is 4. The molecule has 1 unspecified atom stereocenters. The van der Waals surface area contributed by atoms with E-state index in [1.165, 1.54) is 0 Å². The minimum absolute atomic E-state index is 0.0737. The van der Waals surface area contributed by atoms with Gasteiger partial charge in [0.05, 0.1) is 11.5 Å². The fraction of sp³-hybridized carbons (Fsp3) is 0.417. The molecule has 3 heterocycles. The van der Waals surface area contributed by atoms with Crippen molar-refractivity contribution in [2.24, 2.45) is 0 Å². The van der Waals surface area contributed by atoms with Gasteiger partial charge in [-0.25, -0.2) is 8.42 Å². The van der Waals surface area contributed by atoms with Gasteiger partial charge in [-0.05, 0) is 23.9 Å². The van der Waals surface area contributed by atoms with Crippen molar-refractivity contribution in [2.45, 2.75) is 12.5 Å². The van der Waals surface area contributed by atoms with E-state index >= 15 is 0 Å². The summed E-state index contributed by atoms with van der Waals surface area (Å²) in [6.07, 6.45) is 0.527. The van der Waals surface area contributed by atoms with Crippen molar-refractivity contribution in [2.75, 3.05) is 18.6 Å². The highest BCUT2D eigenvalue weighted by Crippen LogP contribution is 2.23. The number of aromatic nitrogens is 1. The zero-order valence-electron chi connectivity index (χ0n) is 10.4. The number of hydrogen-bond donors (Lipinski definition) is 1. The molecule has 1 fully saturated rings. The molecule has 0 saturated carbocycles. The fourth-order valence-corrected chi connectivity index (χ4v) is 4.96. The van der Waals surface area contributed by atoms with E-state index in [-0.39, 0.29) is 23.5 Å². The van der Waals surface area contributed by atoms with Crippen LogP contribution in [0, 0.1) is 0 Å². The van der Waals surface area contributed by atoms with Crippen LogP contribution in [0.2, 0.25) is 0 Å². The van der Waals surface area contributed by atoms with E-state index in [1.54, 1.807) is 23.3 Å². The Morgan fingerprint density at radius 2 is 2.32 bits per heavy atom. The number of aromatic amines is 1. The summed E-state index contributed by atoms with van der Waals surface area (Å²) in [7, 11) is -1.30. The first-order valence-corrected chi connectivity index (χ1v) is 8.70. The molecule has 1 aliphatic heterocycles. The molecule has 1 N–H and O–H groups in total. The molecule has 3 rings (SSSR count). The molecule has 102 valence electrons. The van der Waals surface area contributed by atoms with Gasteiger partial charge in [0.1, 0.15) is 10.5 Å². The molecule has 0 radical (unpaired) electrons. The van der Waals surface area contributed by atoms with Gasteiger partial charge < -0.3 is 9.88 Å². The largest absolute Gasteiger partial charge is 0.342 e. The van der Waals surface area contributed by atoms with Crippen molar-refractivity contribution in [3.8, 4) is 0 Å². The van der Waals surface area contributed by atoms with Crippen LogP contribution in [-0.4, -0.2) is 48.8 Å². The number of carbonyl (C=O) groups excluding carboxylic acids is 1. The van der Waals surface area contributed by atoms with Gasteiger partial charge in [0, 0.05) is 18.5 Å². The second-order valence-electron chi connectivity index (χ2n) is 4.86. The molecule has 1 atom stereocenters. The number of amides is 1. The molecule has 2 aromatic heterocycles. The Bertz CT molecular complexity index is 701. The van der Waals surface area contributed by atoms with Crippen molar-refractivity contribution < 1.29 is 13.2 Å². The molecular formula is C12H14N2O3S2. The lowest BCUT2D eigenvalue weighted by Crippen LogP contribution is -2.37. The van der Waals surface area contributed by atoms with Crippen LogP contribution < -0.4 is 0 Å². The number of fused-ring (bicyclic) bond motifs is 1. The highest BCUT2D eigenvalue weighted by atomic mass is 32.2. The lowest BCUT2D eigenvalue weighted by Gasteiger charge is -2.22. The minimum Gasteiger partial charge on any atom is -0.342 e. The second-order valence-corrected chi connectivity index (χ2v) is 8.01. The van der Waals surface area contributed by atoms with Crippen molar-refractivity contribution >= 4 is 37.3 Å². The molecule has 0 spiro atoms. The summed E-state index contributed by atoms with van der Waals surface area (Å²) in [5, 5.41) is 2.98. The summed E-state index contributed by atoms with van der Waals surface area (Å²) >= 11 is 1.55. The van der Waals surface area contributed by atoms with Crippen molar-refractivity contribution in [3.63, 3.8) is 0 Å². The van der Waals surface area contributed by atoms with Gasteiger partial charge in [-0.15, -0.1) is 11.3 Å². The lowest BCUT2D eigenvalue weighted by molar-refractivity contribution is 0.0743. The number of sulfone groups is 1. The maximum Gasteiger partial charge on any atom is 0.270 e. The molecule has 0 bridgehead atoms. The van der Waals surface area contributed by atoms with Crippen LogP contribution in [0.1, 0.15) is 16.9 Å². The molecule has 1 saturated heterocycles. The lowest BCUT2D eigenvalue weighted by atomic mass is 10.2. The normalized spacial score (nSPS) is 21.8. The number of carbonyl (C=O) groups is 1. The average Bonchev–Trinajstić information content (AvgIpc) is 3.00. The van der Waals surface area contributed by atoms with Gasteiger partial charge in [0.25, 0.3) is 5.91 Å². The molecule has 0 aliphatic carbocycles. The molecule has 7 heteroatoms. The Morgan fingerprint density at radius 3 is 2.95 bits per heavy atom. The highest BCUT2D eigenvalue weighted by molar-refractivity contribution is 7.91.